The largest absolute Gasteiger partial charge is 0.292 e. The number of imidazole rings is 1. The van der Waals surface area contributed by atoms with Gasteiger partial charge < -0.3 is 0 Å². The lowest BCUT2D eigenvalue weighted by atomic mass is 9.70. The van der Waals surface area contributed by atoms with Crippen LogP contribution >= 0.6 is 0 Å². The summed E-state index contributed by atoms with van der Waals surface area (Å²) in [4.78, 5) is 9.84. The van der Waals surface area contributed by atoms with Crippen LogP contribution in [0.4, 0.5) is 0 Å². The zero-order valence-electron chi connectivity index (χ0n) is 27.1. The van der Waals surface area contributed by atoms with E-state index in [9.17, 15) is 0 Å². The van der Waals surface area contributed by atoms with Crippen molar-refractivity contribution in [1.29, 1.82) is 0 Å². The molecule has 2 aliphatic rings. The first-order valence-electron chi connectivity index (χ1n) is 17.2. The van der Waals surface area contributed by atoms with E-state index in [2.05, 4.69) is 156 Å². The van der Waals surface area contributed by atoms with Gasteiger partial charge in [-0.2, -0.15) is 0 Å². The van der Waals surface area contributed by atoms with Crippen molar-refractivity contribution < 1.29 is 0 Å². The SMILES string of the molecule is c1ccc(-c2nc3ccc4ccccc4n3c2-c2ccc(-c3ccc4c(c3)C3(c5ccccc5-c5ccccc53)c3ccccc3-4)cc2)nc1. The molecule has 0 bridgehead atoms. The minimum Gasteiger partial charge on any atom is -0.292 e. The molecule has 11 rings (SSSR count). The Kier molecular flexibility index (Phi) is 5.59. The van der Waals surface area contributed by atoms with E-state index >= 15 is 0 Å². The lowest BCUT2D eigenvalue weighted by Gasteiger charge is -2.30. The van der Waals surface area contributed by atoms with Crippen molar-refractivity contribution in [2.45, 2.75) is 5.41 Å². The first-order chi connectivity index (χ1) is 24.8. The molecule has 2 aliphatic carbocycles. The molecule has 3 aromatic heterocycles. The van der Waals surface area contributed by atoms with E-state index in [1.807, 2.05) is 24.4 Å². The third-order valence-electron chi connectivity index (χ3n) is 10.9. The minimum absolute atomic E-state index is 0.357. The molecule has 3 heterocycles. The normalized spacial score (nSPS) is 13.4. The zero-order valence-corrected chi connectivity index (χ0v) is 27.1. The van der Waals surface area contributed by atoms with Crippen LogP contribution in [0.25, 0.3) is 72.6 Å². The van der Waals surface area contributed by atoms with Crippen molar-refractivity contribution in [1.82, 2.24) is 14.4 Å². The van der Waals surface area contributed by atoms with Gasteiger partial charge in [0.2, 0.25) is 0 Å². The van der Waals surface area contributed by atoms with Gasteiger partial charge >= 0.3 is 0 Å². The van der Waals surface area contributed by atoms with Gasteiger partial charge in [0, 0.05) is 11.8 Å². The van der Waals surface area contributed by atoms with Crippen LogP contribution in [0.5, 0.6) is 0 Å². The van der Waals surface area contributed by atoms with E-state index in [1.165, 1.54) is 61.0 Å². The Bertz CT molecular complexity index is 2750. The Hall–Kier alpha value is -6.58. The quantitative estimate of drug-likeness (QED) is 0.193. The van der Waals surface area contributed by atoms with Crippen LogP contribution in [0, 0.1) is 0 Å². The Labute approximate surface area is 289 Å². The summed E-state index contributed by atoms with van der Waals surface area (Å²) in [6.07, 6.45) is 1.84. The van der Waals surface area contributed by atoms with Crippen molar-refractivity contribution in [3.05, 3.63) is 198 Å². The minimum atomic E-state index is -0.357. The van der Waals surface area contributed by atoms with E-state index in [0.29, 0.717) is 0 Å². The van der Waals surface area contributed by atoms with Crippen LogP contribution < -0.4 is 0 Å². The number of para-hydroxylation sites is 1. The molecule has 0 saturated carbocycles. The molecular weight excluding hydrogens is 607 g/mol. The average Bonchev–Trinajstić information content (AvgIpc) is 3.83. The van der Waals surface area contributed by atoms with Crippen LogP contribution in [0.1, 0.15) is 22.3 Å². The molecule has 232 valence electrons. The fraction of sp³-hybridized carbons (Fsp3) is 0.0213. The highest BCUT2D eigenvalue weighted by Gasteiger charge is 2.51. The topological polar surface area (TPSA) is 30.2 Å². The molecule has 50 heavy (non-hydrogen) atoms. The van der Waals surface area contributed by atoms with Crippen molar-refractivity contribution in [3.63, 3.8) is 0 Å². The first kappa shape index (κ1) is 27.4. The average molecular weight is 636 g/mol. The first-order valence-corrected chi connectivity index (χ1v) is 17.2. The van der Waals surface area contributed by atoms with E-state index in [1.54, 1.807) is 0 Å². The Morgan fingerprint density at radius 2 is 1.02 bits per heavy atom. The fourth-order valence-electron chi connectivity index (χ4n) is 8.83. The van der Waals surface area contributed by atoms with Gasteiger partial charge in [-0.15, -0.1) is 0 Å². The van der Waals surface area contributed by atoms with E-state index < -0.39 is 0 Å². The van der Waals surface area contributed by atoms with Gasteiger partial charge in [0.05, 0.1) is 22.3 Å². The molecule has 0 unspecified atom stereocenters. The van der Waals surface area contributed by atoms with E-state index in [-0.39, 0.29) is 5.41 Å². The highest BCUT2D eigenvalue weighted by Crippen LogP contribution is 2.63. The van der Waals surface area contributed by atoms with E-state index in [0.717, 1.165) is 33.8 Å². The van der Waals surface area contributed by atoms with Crippen LogP contribution in [0.3, 0.4) is 0 Å². The van der Waals surface area contributed by atoms with Gasteiger partial charge in [-0.05, 0) is 97.4 Å². The number of rotatable bonds is 3. The molecule has 0 aliphatic heterocycles. The summed E-state index contributed by atoms with van der Waals surface area (Å²) in [5.74, 6) is 0. The molecular formula is C47H29N3. The van der Waals surface area contributed by atoms with Crippen molar-refractivity contribution >= 4 is 16.6 Å². The third kappa shape index (κ3) is 3.58. The maximum absolute atomic E-state index is 5.13. The number of fused-ring (bicyclic) bond motifs is 13. The molecule has 0 atom stereocenters. The van der Waals surface area contributed by atoms with Gasteiger partial charge in [-0.25, -0.2) is 4.98 Å². The predicted octanol–water partition coefficient (Wildman–Crippen LogP) is 11.2. The summed E-state index contributed by atoms with van der Waals surface area (Å²) < 4.78 is 2.28. The highest BCUT2D eigenvalue weighted by molar-refractivity contribution is 5.96. The molecule has 1 spiro atoms. The second-order valence-electron chi connectivity index (χ2n) is 13.3. The molecule has 9 aromatic rings. The molecule has 0 N–H and O–H groups in total. The van der Waals surface area contributed by atoms with Crippen LogP contribution in [0.15, 0.2) is 176 Å². The second kappa shape index (κ2) is 10.2. The molecule has 0 saturated heterocycles. The molecule has 6 aromatic carbocycles. The van der Waals surface area contributed by atoms with Gasteiger partial charge in [0.1, 0.15) is 11.3 Å². The summed E-state index contributed by atoms with van der Waals surface area (Å²) in [5, 5.41) is 1.17. The summed E-state index contributed by atoms with van der Waals surface area (Å²) in [5.41, 5.74) is 18.7. The maximum Gasteiger partial charge on any atom is 0.138 e. The smallest absolute Gasteiger partial charge is 0.138 e. The third-order valence-corrected chi connectivity index (χ3v) is 10.9. The van der Waals surface area contributed by atoms with Crippen molar-refractivity contribution in [2.75, 3.05) is 0 Å². The Morgan fingerprint density at radius 3 is 1.70 bits per heavy atom. The van der Waals surface area contributed by atoms with E-state index in [4.69, 9.17) is 9.97 Å². The monoisotopic (exact) mass is 635 g/mol. The number of hydrogen-bond donors (Lipinski definition) is 0. The Morgan fingerprint density at radius 1 is 0.440 bits per heavy atom. The number of nitrogens with zero attached hydrogens (tertiary/aromatic N) is 3. The molecule has 3 heteroatoms. The van der Waals surface area contributed by atoms with Gasteiger partial charge in [-0.1, -0.05) is 133 Å². The van der Waals surface area contributed by atoms with Crippen molar-refractivity contribution in [3.8, 4) is 56.0 Å². The predicted molar refractivity (Wildman–Crippen MR) is 203 cm³/mol. The summed E-state index contributed by atoms with van der Waals surface area (Å²) in [6, 6.07) is 61.8. The molecule has 0 amide bonds. The number of benzene rings is 6. The van der Waals surface area contributed by atoms with Gasteiger partial charge in [0.25, 0.3) is 0 Å². The summed E-state index contributed by atoms with van der Waals surface area (Å²) in [7, 11) is 0. The number of hydrogen-bond acceptors (Lipinski definition) is 2. The lowest BCUT2D eigenvalue weighted by molar-refractivity contribution is 0.794. The molecule has 3 nitrogen and oxygen atoms in total. The highest BCUT2D eigenvalue weighted by atomic mass is 15.0. The number of aromatic nitrogens is 3. The number of pyridine rings is 2. The lowest BCUT2D eigenvalue weighted by Crippen LogP contribution is -2.25. The molecule has 0 radical (unpaired) electrons. The van der Waals surface area contributed by atoms with Gasteiger partial charge in [-0.3, -0.25) is 9.38 Å². The summed E-state index contributed by atoms with van der Waals surface area (Å²) in [6.45, 7) is 0. The van der Waals surface area contributed by atoms with Crippen LogP contribution in [0.2, 0.25) is 0 Å². The zero-order chi connectivity index (χ0) is 32.8. The van der Waals surface area contributed by atoms with Crippen LogP contribution in [-0.2, 0) is 5.41 Å². The summed E-state index contributed by atoms with van der Waals surface area (Å²) >= 11 is 0. The Balaban J connectivity index is 1.10. The van der Waals surface area contributed by atoms with Crippen molar-refractivity contribution in [2.24, 2.45) is 0 Å². The maximum atomic E-state index is 5.13. The second-order valence-corrected chi connectivity index (χ2v) is 13.3. The standard InChI is InChI=1S/C47H29N3/c1-8-19-43-31(11-1)25-27-44-49-45(42-18-9-10-28-48-42)46(50(43)44)32-22-20-30(21-23-32)33-24-26-37-36-14-4-7-17-40(36)47(41(37)29-33)38-15-5-2-12-34(38)35-13-3-6-16-39(35)47/h1-29H. The van der Waals surface area contributed by atoms with Gasteiger partial charge in [0.15, 0.2) is 0 Å². The fourth-order valence-corrected chi connectivity index (χ4v) is 8.83. The van der Waals surface area contributed by atoms with Crippen LogP contribution in [-0.4, -0.2) is 14.4 Å². The molecule has 0 fully saturated rings.